The van der Waals surface area contributed by atoms with Gasteiger partial charge in [-0.2, -0.15) is 0 Å². The summed E-state index contributed by atoms with van der Waals surface area (Å²) in [5, 5.41) is 0.500. The lowest BCUT2D eigenvalue weighted by Crippen LogP contribution is -2.16. The van der Waals surface area contributed by atoms with Gasteiger partial charge < -0.3 is 15.2 Å². The molecule has 0 bridgehead atoms. The Hall–Kier alpha value is -1.26. The van der Waals surface area contributed by atoms with Gasteiger partial charge in [0.05, 0.1) is 17.7 Å². The smallest absolute Gasteiger partial charge is 0.320 e. The maximum absolute atomic E-state index is 10.9. The highest BCUT2D eigenvalue weighted by Gasteiger charge is 2.06. The average Bonchev–Trinajstić information content (AvgIpc) is 2.28. The van der Waals surface area contributed by atoms with E-state index in [0.29, 0.717) is 10.8 Å². The minimum atomic E-state index is -0.441. The molecular formula is C12H16ClNO3. The number of hydrogen-bond donors (Lipinski definition) is 1. The van der Waals surface area contributed by atoms with Crippen LogP contribution in [0.15, 0.2) is 18.2 Å². The van der Waals surface area contributed by atoms with Crippen LogP contribution in [-0.4, -0.2) is 18.6 Å². The fourth-order valence-corrected chi connectivity index (χ4v) is 1.45. The van der Waals surface area contributed by atoms with E-state index in [1.54, 1.807) is 18.2 Å². The third kappa shape index (κ3) is 4.63. The molecule has 0 aliphatic heterocycles. The second kappa shape index (κ2) is 6.47. The van der Waals surface area contributed by atoms with Crippen LogP contribution < -0.4 is 10.5 Å². The molecule has 0 saturated carbocycles. The van der Waals surface area contributed by atoms with Crippen LogP contribution in [0, 0.1) is 0 Å². The molecule has 0 amide bonds. The van der Waals surface area contributed by atoms with Gasteiger partial charge >= 0.3 is 5.97 Å². The first-order valence-electron chi connectivity index (χ1n) is 5.33. The molecule has 0 aliphatic rings. The van der Waals surface area contributed by atoms with Gasteiger partial charge in [0.2, 0.25) is 0 Å². The summed E-state index contributed by atoms with van der Waals surface area (Å²) in [6.07, 6.45) is 0.0633. The largest absolute Gasteiger partial charge is 0.489 e. The molecule has 17 heavy (non-hydrogen) atoms. The van der Waals surface area contributed by atoms with Gasteiger partial charge in [-0.25, -0.2) is 0 Å². The lowest BCUT2D eigenvalue weighted by Gasteiger charge is -2.12. The van der Waals surface area contributed by atoms with Crippen LogP contribution in [0.25, 0.3) is 0 Å². The molecular weight excluding hydrogens is 242 g/mol. The summed E-state index contributed by atoms with van der Waals surface area (Å²) < 4.78 is 10.4. The number of hydrogen-bond acceptors (Lipinski definition) is 4. The van der Waals surface area contributed by atoms with Gasteiger partial charge in [0, 0.05) is 0 Å². The standard InChI is InChI=1S/C12H16ClNO3/c1-8(2)17-11-4-3-9(5-10(11)13)7-16-12(15)6-14/h3-5,8H,6-7,14H2,1-2H3. The number of halogens is 1. The van der Waals surface area contributed by atoms with E-state index in [1.807, 2.05) is 13.8 Å². The van der Waals surface area contributed by atoms with Crippen molar-refractivity contribution in [3.8, 4) is 5.75 Å². The van der Waals surface area contributed by atoms with E-state index < -0.39 is 5.97 Å². The minimum absolute atomic E-state index is 0.0633. The van der Waals surface area contributed by atoms with Gasteiger partial charge in [0.25, 0.3) is 0 Å². The van der Waals surface area contributed by atoms with Crippen LogP contribution in [0.2, 0.25) is 5.02 Å². The average molecular weight is 258 g/mol. The van der Waals surface area contributed by atoms with Crippen molar-refractivity contribution in [3.05, 3.63) is 28.8 Å². The summed E-state index contributed by atoms with van der Waals surface area (Å²) in [7, 11) is 0. The monoisotopic (exact) mass is 257 g/mol. The van der Waals surface area contributed by atoms with Crippen molar-refractivity contribution in [2.24, 2.45) is 5.73 Å². The van der Waals surface area contributed by atoms with Crippen LogP contribution in [0.5, 0.6) is 5.75 Å². The molecule has 0 atom stereocenters. The molecule has 0 aromatic heterocycles. The van der Waals surface area contributed by atoms with E-state index in [2.05, 4.69) is 0 Å². The normalized spacial score (nSPS) is 10.4. The first-order chi connectivity index (χ1) is 8.02. The highest BCUT2D eigenvalue weighted by atomic mass is 35.5. The number of carbonyl (C=O) groups is 1. The lowest BCUT2D eigenvalue weighted by atomic mass is 10.2. The number of esters is 1. The number of rotatable bonds is 5. The Bertz CT molecular complexity index is 393. The van der Waals surface area contributed by atoms with Crippen molar-refractivity contribution < 1.29 is 14.3 Å². The quantitative estimate of drug-likeness (QED) is 0.821. The van der Waals surface area contributed by atoms with Crippen molar-refractivity contribution in [1.82, 2.24) is 0 Å². The van der Waals surface area contributed by atoms with Gasteiger partial charge in [0.1, 0.15) is 12.4 Å². The summed E-state index contributed by atoms with van der Waals surface area (Å²) in [5.41, 5.74) is 5.92. The highest BCUT2D eigenvalue weighted by molar-refractivity contribution is 6.32. The predicted octanol–water partition coefficient (Wildman–Crippen LogP) is 2.13. The fourth-order valence-electron chi connectivity index (χ4n) is 1.21. The van der Waals surface area contributed by atoms with Crippen molar-refractivity contribution in [2.75, 3.05) is 6.54 Å². The second-order valence-electron chi connectivity index (χ2n) is 3.80. The third-order valence-electron chi connectivity index (χ3n) is 1.93. The molecule has 1 rings (SSSR count). The van der Waals surface area contributed by atoms with Crippen molar-refractivity contribution in [1.29, 1.82) is 0 Å². The Balaban J connectivity index is 2.65. The van der Waals surface area contributed by atoms with Gasteiger partial charge in [0.15, 0.2) is 0 Å². The van der Waals surface area contributed by atoms with Crippen LogP contribution in [-0.2, 0) is 16.1 Å². The second-order valence-corrected chi connectivity index (χ2v) is 4.20. The summed E-state index contributed by atoms with van der Waals surface area (Å²) in [6.45, 7) is 3.89. The molecule has 2 N–H and O–H groups in total. The Kier molecular flexibility index (Phi) is 5.25. The molecule has 1 aromatic rings. The Labute approximate surface area is 106 Å². The van der Waals surface area contributed by atoms with E-state index in [-0.39, 0.29) is 19.3 Å². The lowest BCUT2D eigenvalue weighted by molar-refractivity contribution is -0.143. The Morgan fingerprint density at radius 1 is 1.47 bits per heavy atom. The van der Waals surface area contributed by atoms with Gasteiger partial charge in [-0.05, 0) is 31.5 Å². The molecule has 4 nitrogen and oxygen atoms in total. The predicted molar refractivity (Wildman–Crippen MR) is 66.1 cm³/mol. The van der Waals surface area contributed by atoms with Gasteiger partial charge in [-0.1, -0.05) is 17.7 Å². The molecule has 94 valence electrons. The molecule has 1 aromatic carbocycles. The maximum atomic E-state index is 10.9. The van der Waals surface area contributed by atoms with Crippen molar-refractivity contribution in [3.63, 3.8) is 0 Å². The molecule has 0 heterocycles. The summed E-state index contributed by atoms with van der Waals surface area (Å²) >= 11 is 6.03. The summed E-state index contributed by atoms with van der Waals surface area (Å²) in [4.78, 5) is 10.9. The van der Waals surface area contributed by atoms with Gasteiger partial charge in [-0.3, -0.25) is 4.79 Å². The topological polar surface area (TPSA) is 61.5 Å². The first-order valence-corrected chi connectivity index (χ1v) is 5.71. The number of nitrogens with two attached hydrogens (primary N) is 1. The molecule has 0 radical (unpaired) electrons. The molecule has 5 heteroatoms. The van der Waals surface area contributed by atoms with E-state index >= 15 is 0 Å². The number of ether oxygens (including phenoxy) is 2. The SMILES string of the molecule is CC(C)Oc1ccc(COC(=O)CN)cc1Cl. The van der Waals surface area contributed by atoms with Crippen LogP contribution in [0.3, 0.4) is 0 Å². The van der Waals surface area contributed by atoms with Crippen molar-refractivity contribution in [2.45, 2.75) is 26.6 Å². The fraction of sp³-hybridized carbons (Fsp3) is 0.417. The molecule has 0 aliphatic carbocycles. The molecule has 0 fully saturated rings. The zero-order valence-corrected chi connectivity index (χ0v) is 10.7. The number of benzene rings is 1. The van der Waals surface area contributed by atoms with Crippen LogP contribution in [0.4, 0.5) is 0 Å². The summed E-state index contributed by atoms with van der Waals surface area (Å²) in [6, 6.07) is 5.27. The zero-order chi connectivity index (χ0) is 12.8. The molecule has 0 spiro atoms. The van der Waals surface area contributed by atoms with Crippen LogP contribution in [0.1, 0.15) is 19.4 Å². The molecule has 0 saturated heterocycles. The van der Waals surface area contributed by atoms with Crippen LogP contribution >= 0.6 is 11.6 Å². The first kappa shape index (κ1) is 13.8. The van der Waals surface area contributed by atoms with Gasteiger partial charge in [-0.15, -0.1) is 0 Å². The van der Waals surface area contributed by atoms with E-state index in [9.17, 15) is 4.79 Å². The Morgan fingerprint density at radius 3 is 2.71 bits per heavy atom. The molecule has 0 unspecified atom stereocenters. The van der Waals surface area contributed by atoms with E-state index in [4.69, 9.17) is 26.8 Å². The highest BCUT2D eigenvalue weighted by Crippen LogP contribution is 2.26. The van der Waals surface area contributed by atoms with E-state index in [1.165, 1.54) is 0 Å². The third-order valence-corrected chi connectivity index (χ3v) is 2.22. The zero-order valence-electron chi connectivity index (χ0n) is 9.90. The Morgan fingerprint density at radius 2 is 2.18 bits per heavy atom. The minimum Gasteiger partial charge on any atom is -0.489 e. The number of carbonyl (C=O) groups excluding carboxylic acids is 1. The summed E-state index contributed by atoms with van der Waals surface area (Å²) in [5.74, 6) is 0.180. The van der Waals surface area contributed by atoms with Crippen molar-refractivity contribution >= 4 is 17.6 Å². The maximum Gasteiger partial charge on any atom is 0.320 e. The van der Waals surface area contributed by atoms with E-state index in [0.717, 1.165) is 5.56 Å².